The number of carboxylic acids is 1. The number of amides is 1. The van der Waals surface area contributed by atoms with Gasteiger partial charge in [-0.2, -0.15) is 0 Å². The summed E-state index contributed by atoms with van der Waals surface area (Å²) in [5.74, 6) is -0.0454. The molecule has 2 saturated heterocycles. The molecule has 0 spiro atoms. The van der Waals surface area contributed by atoms with Crippen molar-refractivity contribution in [3.8, 4) is 0 Å². The van der Waals surface area contributed by atoms with Gasteiger partial charge in [0.25, 0.3) is 0 Å². The summed E-state index contributed by atoms with van der Waals surface area (Å²) in [5.41, 5.74) is 0. The molecule has 78 valence electrons. The summed E-state index contributed by atoms with van der Waals surface area (Å²) < 4.78 is 0. The highest BCUT2D eigenvalue weighted by Gasteiger charge is 2.50. The van der Waals surface area contributed by atoms with Gasteiger partial charge in [-0.3, -0.25) is 4.79 Å². The zero-order valence-electron chi connectivity index (χ0n) is 8.02. The average Bonchev–Trinajstić information content (AvgIpc) is 2.42. The van der Waals surface area contributed by atoms with Gasteiger partial charge in [-0.15, -0.1) is 11.8 Å². The van der Waals surface area contributed by atoms with Crippen LogP contribution in [0.3, 0.4) is 0 Å². The van der Waals surface area contributed by atoms with Crippen molar-refractivity contribution in [1.82, 2.24) is 4.90 Å². The average molecular weight is 215 g/mol. The first-order valence-corrected chi connectivity index (χ1v) is 5.72. The minimum absolute atomic E-state index is 0.00731. The summed E-state index contributed by atoms with van der Waals surface area (Å²) in [7, 11) is 0. The summed E-state index contributed by atoms with van der Waals surface area (Å²) in [6.45, 7) is 1.97. The Kier molecular flexibility index (Phi) is 2.21. The van der Waals surface area contributed by atoms with E-state index in [1.807, 2.05) is 6.92 Å². The molecular formula is C9H13NO3S. The summed E-state index contributed by atoms with van der Waals surface area (Å²) in [6.07, 6.45) is 1.84. The van der Waals surface area contributed by atoms with Crippen LogP contribution in [0.4, 0.5) is 0 Å². The third-order valence-corrected chi connectivity index (χ3v) is 4.44. The smallest absolute Gasteiger partial charge is 0.326 e. The monoisotopic (exact) mass is 215 g/mol. The Bertz CT molecular complexity index is 294. The highest BCUT2D eigenvalue weighted by molar-refractivity contribution is 8.00. The Labute approximate surface area is 86.6 Å². The SMILES string of the molecule is CC12CCC(=O)N1C(C(=O)O)CCS2. The third kappa shape index (κ3) is 1.30. The van der Waals surface area contributed by atoms with Gasteiger partial charge < -0.3 is 10.0 Å². The van der Waals surface area contributed by atoms with E-state index in [1.165, 1.54) is 0 Å². The molecule has 2 fully saturated rings. The fourth-order valence-corrected chi connectivity index (χ4v) is 3.64. The minimum Gasteiger partial charge on any atom is -0.480 e. The maximum atomic E-state index is 11.6. The van der Waals surface area contributed by atoms with Crippen LogP contribution in [-0.4, -0.2) is 38.5 Å². The van der Waals surface area contributed by atoms with E-state index in [4.69, 9.17) is 5.11 Å². The molecule has 0 aromatic carbocycles. The number of thioether (sulfide) groups is 1. The fraction of sp³-hybridized carbons (Fsp3) is 0.778. The maximum Gasteiger partial charge on any atom is 0.326 e. The Morgan fingerprint density at radius 2 is 2.43 bits per heavy atom. The normalized spacial score (nSPS) is 37.1. The number of carbonyl (C=O) groups is 2. The third-order valence-electron chi connectivity index (χ3n) is 2.98. The van der Waals surface area contributed by atoms with E-state index in [1.54, 1.807) is 16.7 Å². The van der Waals surface area contributed by atoms with E-state index in [-0.39, 0.29) is 10.8 Å². The van der Waals surface area contributed by atoms with Crippen LogP contribution in [0.5, 0.6) is 0 Å². The lowest BCUT2D eigenvalue weighted by molar-refractivity contribution is -0.150. The van der Waals surface area contributed by atoms with Crippen molar-refractivity contribution in [1.29, 1.82) is 0 Å². The second kappa shape index (κ2) is 3.15. The van der Waals surface area contributed by atoms with Crippen molar-refractivity contribution in [2.45, 2.75) is 37.1 Å². The molecule has 2 atom stereocenters. The molecule has 0 aromatic rings. The standard InChI is InChI=1S/C9H13NO3S/c1-9-4-2-7(11)10(9)6(8(12)13)3-5-14-9/h6H,2-5H2,1H3,(H,12,13). The van der Waals surface area contributed by atoms with Crippen LogP contribution in [-0.2, 0) is 9.59 Å². The predicted octanol–water partition coefficient (Wildman–Crippen LogP) is 0.915. The number of carbonyl (C=O) groups excluding carboxylic acids is 1. The molecule has 0 bridgehead atoms. The lowest BCUT2D eigenvalue weighted by Gasteiger charge is -2.42. The van der Waals surface area contributed by atoms with Crippen molar-refractivity contribution < 1.29 is 14.7 Å². The van der Waals surface area contributed by atoms with Gasteiger partial charge in [0.15, 0.2) is 0 Å². The largest absolute Gasteiger partial charge is 0.480 e. The number of fused-ring (bicyclic) bond motifs is 1. The van der Waals surface area contributed by atoms with Gasteiger partial charge in [-0.25, -0.2) is 4.79 Å². The topological polar surface area (TPSA) is 57.6 Å². The van der Waals surface area contributed by atoms with Gasteiger partial charge in [-0.05, 0) is 25.5 Å². The van der Waals surface area contributed by atoms with Gasteiger partial charge in [0.05, 0.1) is 4.87 Å². The molecule has 1 amide bonds. The zero-order chi connectivity index (χ0) is 10.3. The lowest BCUT2D eigenvalue weighted by atomic mass is 10.1. The van der Waals surface area contributed by atoms with E-state index in [2.05, 4.69) is 0 Å². The highest BCUT2D eigenvalue weighted by atomic mass is 32.2. The van der Waals surface area contributed by atoms with E-state index < -0.39 is 12.0 Å². The number of nitrogens with zero attached hydrogens (tertiary/aromatic N) is 1. The molecule has 2 unspecified atom stereocenters. The van der Waals surface area contributed by atoms with E-state index in [0.717, 1.165) is 12.2 Å². The molecular weight excluding hydrogens is 202 g/mol. The number of hydrogen-bond donors (Lipinski definition) is 1. The molecule has 2 heterocycles. The number of carboxylic acid groups (broad SMARTS) is 1. The van der Waals surface area contributed by atoms with Crippen molar-refractivity contribution in [3.05, 3.63) is 0 Å². The first-order chi connectivity index (χ1) is 6.54. The summed E-state index contributed by atoms with van der Waals surface area (Å²) in [6, 6.07) is -0.601. The van der Waals surface area contributed by atoms with Crippen molar-refractivity contribution in [2.24, 2.45) is 0 Å². The maximum absolute atomic E-state index is 11.6. The second-order valence-electron chi connectivity index (χ2n) is 3.93. The minimum atomic E-state index is -0.869. The van der Waals surface area contributed by atoms with Crippen LogP contribution in [0.25, 0.3) is 0 Å². The van der Waals surface area contributed by atoms with Crippen molar-refractivity contribution in [3.63, 3.8) is 0 Å². The Hall–Kier alpha value is -0.710. The summed E-state index contributed by atoms with van der Waals surface area (Å²) >= 11 is 1.70. The van der Waals surface area contributed by atoms with Crippen LogP contribution in [0.1, 0.15) is 26.2 Å². The Balaban J connectivity index is 2.30. The molecule has 0 radical (unpaired) electrons. The molecule has 0 saturated carbocycles. The molecule has 2 rings (SSSR count). The molecule has 0 aliphatic carbocycles. The van der Waals surface area contributed by atoms with Crippen LogP contribution < -0.4 is 0 Å². The molecule has 2 aliphatic rings. The highest BCUT2D eigenvalue weighted by Crippen LogP contribution is 2.45. The zero-order valence-corrected chi connectivity index (χ0v) is 8.84. The number of aliphatic carboxylic acids is 1. The predicted molar refractivity (Wildman–Crippen MR) is 53.0 cm³/mol. The fourth-order valence-electron chi connectivity index (χ4n) is 2.24. The van der Waals surface area contributed by atoms with Crippen LogP contribution in [0.2, 0.25) is 0 Å². The first-order valence-electron chi connectivity index (χ1n) is 4.73. The number of hydrogen-bond acceptors (Lipinski definition) is 3. The molecule has 4 nitrogen and oxygen atoms in total. The molecule has 5 heteroatoms. The first kappa shape index (κ1) is 9.83. The number of rotatable bonds is 1. The van der Waals surface area contributed by atoms with Crippen molar-refractivity contribution in [2.75, 3.05) is 5.75 Å². The Morgan fingerprint density at radius 3 is 3.07 bits per heavy atom. The van der Waals surface area contributed by atoms with E-state index in [9.17, 15) is 9.59 Å². The van der Waals surface area contributed by atoms with Gasteiger partial charge >= 0.3 is 5.97 Å². The molecule has 2 aliphatic heterocycles. The van der Waals surface area contributed by atoms with Crippen molar-refractivity contribution >= 4 is 23.6 Å². The molecule has 14 heavy (non-hydrogen) atoms. The summed E-state index contributed by atoms with van der Waals surface area (Å²) in [5, 5.41) is 9.01. The van der Waals surface area contributed by atoms with Gasteiger partial charge in [-0.1, -0.05) is 0 Å². The van der Waals surface area contributed by atoms with Gasteiger partial charge in [0.2, 0.25) is 5.91 Å². The molecule has 1 N–H and O–H groups in total. The quantitative estimate of drug-likeness (QED) is 0.706. The van der Waals surface area contributed by atoms with Crippen LogP contribution in [0, 0.1) is 0 Å². The lowest BCUT2D eigenvalue weighted by Crippen LogP contribution is -2.54. The molecule has 0 aromatic heterocycles. The van der Waals surface area contributed by atoms with E-state index >= 15 is 0 Å². The van der Waals surface area contributed by atoms with Gasteiger partial charge in [0.1, 0.15) is 6.04 Å². The summed E-state index contributed by atoms with van der Waals surface area (Å²) in [4.78, 5) is 23.9. The Morgan fingerprint density at radius 1 is 1.71 bits per heavy atom. The van der Waals surface area contributed by atoms with Crippen LogP contribution >= 0.6 is 11.8 Å². The second-order valence-corrected chi connectivity index (χ2v) is 5.51. The van der Waals surface area contributed by atoms with Crippen LogP contribution in [0.15, 0.2) is 0 Å². The van der Waals surface area contributed by atoms with E-state index in [0.29, 0.717) is 12.8 Å². The van der Waals surface area contributed by atoms with Gasteiger partial charge in [0, 0.05) is 6.42 Å².